The van der Waals surface area contributed by atoms with Crippen molar-refractivity contribution in [1.29, 1.82) is 0 Å². The highest BCUT2D eigenvalue weighted by atomic mass is 15.2. The molecule has 1 fully saturated rings. The van der Waals surface area contributed by atoms with E-state index in [-0.39, 0.29) is 0 Å². The van der Waals surface area contributed by atoms with Gasteiger partial charge in [-0.05, 0) is 49.9 Å². The Morgan fingerprint density at radius 2 is 1.88 bits per heavy atom. The van der Waals surface area contributed by atoms with E-state index in [0.717, 1.165) is 13.1 Å². The lowest BCUT2D eigenvalue weighted by Crippen LogP contribution is -2.45. The van der Waals surface area contributed by atoms with Crippen LogP contribution in [-0.4, -0.2) is 24.0 Å². The Morgan fingerprint density at radius 3 is 2.62 bits per heavy atom. The molecule has 2 aromatic rings. The molecule has 2 unspecified atom stereocenters. The van der Waals surface area contributed by atoms with Crippen LogP contribution in [0.5, 0.6) is 0 Å². The second-order valence-corrected chi connectivity index (χ2v) is 7.22. The van der Waals surface area contributed by atoms with Crippen molar-refractivity contribution in [1.82, 2.24) is 4.90 Å². The van der Waals surface area contributed by atoms with Crippen molar-refractivity contribution >= 4 is 0 Å². The number of nitrogens with zero attached hydrogens (tertiary/aromatic N) is 1. The lowest BCUT2D eigenvalue weighted by Gasteiger charge is -2.41. The van der Waals surface area contributed by atoms with Gasteiger partial charge in [-0.1, -0.05) is 60.5 Å². The van der Waals surface area contributed by atoms with Crippen LogP contribution >= 0.6 is 0 Å². The average molecular weight is 322 g/mol. The van der Waals surface area contributed by atoms with Crippen molar-refractivity contribution in [2.75, 3.05) is 13.1 Å². The minimum absolute atomic E-state index is 0.425. The van der Waals surface area contributed by atoms with E-state index in [4.69, 9.17) is 5.73 Å². The highest BCUT2D eigenvalue weighted by molar-refractivity contribution is 5.35. The molecular formula is C22H30N2. The fourth-order valence-corrected chi connectivity index (χ4v) is 4.14. The largest absolute Gasteiger partial charge is 0.330 e. The van der Waals surface area contributed by atoms with E-state index in [1.165, 1.54) is 48.1 Å². The summed E-state index contributed by atoms with van der Waals surface area (Å²) in [7, 11) is 0. The molecule has 0 spiro atoms. The fraction of sp³-hybridized carbons (Fsp3) is 0.455. The van der Waals surface area contributed by atoms with Gasteiger partial charge in [-0.3, -0.25) is 4.90 Å². The molecular weight excluding hydrogens is 292 g/mol. The molecule has 0 aliphatic carbocycles. The van der Waals surface area contributed by atoms with Gasteiger partial charge in [-0.2, -0.15) is 0 Å². The summed E-state index contributed by atoms with van der Waals surface area (Å²) in [5.41, 5.74) is 11.8. The molecule has 0 bridgehead atoms. The average Bonchev–Trinajstić information content (AvgIpc) is 2.61. The molecule has 0 saturated carbocycles. The number of piperidine rings is 1. The highest BCUT2D eigenvalue weighted by Gasteiger charge is 2.30. The van der Waals surface area contributed by atoms with Gasteiger partial charge in [0.05, 0.1) is 0 Å². The molecule has 1 saturated heterocycles. The van der Waals surface area contributed by atoms with Gasteiger partial charge in [0.2, 0.25) is 0 Å². The summed E-state index contributed by atoms with van der Waals surface area (Å²) >= 11 is 0. The zero-order valence-corrected chi connectivity index (χ0v) is 15.0. The van der Waals surface area contributed by atoms with E-state index in [1.807, 2.05) is 0 Å². The van der Waals surface area contributed by atoms with E-state index in [2.05, 4.69) is 67.3 Å². The summed E-state index contributed by atoms with van der Waals surface area (Å²) in [4.78, 5) is 2.66. The van der Waals surface area contributed by atoms with Gasteiger partial charge in [0.15, 0.2) is 0 Å². The van der Waals surface area contributed by atoms with Gasteiger partial charge in [-0.15, -0.1) is 0 Å². The molecule has 0 aromatic heterocycles. The molecule has 3 rings (SSSR count). The Balaban J connectivity index is 1.86. The van der Waals surface area contributed by atoms with Crippen LogP contribution in [0.3, 0.4) is 0 Å². The van der Waals surface area contributed by atoms with Crippen molar-refractivity contribution in [2.24, 2.45) is 5.73 Å². The molecule has 2 nitrogen and oxygen atoms in total. The van der Waals surface area contributed by atoms with Gasteiger partial charge >= 0.3 is 0 Å². The first-order valence-electron chi connectivity index (χ1n) is 9.24. The Bertz CT molecular complexity index is 650. The Labute approximate surface area is 146 Å². The summed E-state index contributed by atoms with van der Waals surface area (Å²) in [5, 5.41) is 0. The molecule has 1 aliphatic heterocycles. The lowest BCUT2D eigenvalue weighted by atomic mass is 9.82. The standard InChI is InChI=1S/C22H30N2/c1-17-11-12-18(2)20(14-17)21(15-23)22-10-6-7-13-24(22)16-19-8-4-3-5-9-19/h3-5,8-9,11-12,14,21-22H,6-7,10,13,15-16,23H2,1-2H3. The third-order valence-electron chi connectivity index (χ3n) is 5.45. The van der Waals surface area contributed by atoms with Crippen molar-refractivity contribution in [3.63, 3.8) is 0 Å². The minimum atomic E-state index is 0.425. The van der Waals surface area contributed by atoms with Crippen molar-refractivity contribution in [3.8, 4) is 0 Å². The third-order valence-corrected chi connectivity index (χ3v) is 5.45. The second kappa shape index (κ2) is 7.96. The molecule has 2 aromatic carbocycles. The van der Waals surface area contributed by atoms with Crippen LogP contribution in [0.15, 0.2) is 48.5 Å². The highest BCUT2D eigenvalue weighted by Crippen LogP contribution is 2.33. The Kier molecular flexibility index (Phi) is 5.70. The first kappa shape index (κ1) is 17.2. The SMILES string of the molecule is Cc1ccc(C)c(C(CN)C2CCCCN2Cc2ccccc2)c1. The molecule has 1 aliphatic rings. The lowest BCUT2D eigenvalue weighted by molar-refractivity contribution is 0.118. The van der Waals surface area contributed by atoms with Gasteiger partial charge in [0, 0.05) is 25.0 Å². The van der Waals surface area contributed by atoms with E-state index in [0.29, 0.717) is 12.0 Å². The topological polar surface area (TPSA) is 29.3 Å². The third kappa shape index (κ3) is 3.88. The molecule has 2 heteroatoms. The first-order chi connectivity index (χ1) is 11.7. The van der Waals surface area contributed by atoms with E-state index in [9.17, 15) is 0 Å². The van der Waals surface area contributed by atoms with Gasteiger partial charge < -0.3 is 5.73 Å². The first-order valence-corrected chi connectivity index (χ1v) is 9.24. The Hall–Kier alpha value is -1.64. The molecule has 128 valence electrons. The number of rotatable bonds is 5. The second-order valence-electron chi connectivity index (χ2n) is 7.22. The van der Waals surface area contributed by atoms with Crippen LogP contribution in [0.4, 0.5) is 0 Å². The van der Waals surface area contributed by atoms with Crippen LogP contribution in [0, 0.1) is 13.8 Å². The number of nitrogens with two attached hydrogens (primary N) is 1. The molecule has 0 radical (unpaired) electrons. The summed E-state index contributed by atoms with van der Waals surface area (Å²) in [6, 6.07) is 18.2. The smallest absolute Gasteiger partial charge is 0.0236 e. The maximum absolute atomic E-state index is 6.28. The fourth-order valence-electron chi connectivity index (χ4n) is 4.14. The monoisotopic (exact) mass is 322 g/mol. The molecule has 0 amide bonds. The summed E-state index contributed by atoms with van der Waals surface area (Å²) in [5.74, 6) is 0.425. The zero-order valence-electron chi connectivity index (χ0n) is 15.0. The molecule has 24 heavy (non-hydrogen) atoms. The van der Waals surface area contributed by atoms with Crippen molar-refractivity contribution in [2.45, 2.75) is 51.6 Å². The molecule has 2 N–H and O–H groups in total. The molecule has 2 atom stereocenters. The van der Waals surface area contributed by atoms with Crippen molar-refractivity contribution < 1.29 is 0 Å². The number of likely N-dealkylation sites (tertiary alicyclic amines) is 1. The predicted molar refractivity (Wildman–Crippen MR) is 102 cm³/mol. The van der Waals surface area contributed by atoms with E-state index >= 15 is 0 Å². The van der Waals surface area contributed by atoms with Gasteiger partial charge in [0.1, 0.15) is 0 Å². The number of benzene rings is 2. The normalized spacial score (nSPS) is 20.0. The summed E-state index contributed by atoms with van der Waals surface area (Å²) in [6.45, 7) is 7.34. The number of hydrogen-bond acceptors (Lipinski definition) is 2. The summed E-state index contributed by atoms with van der Waals surface area (Å²) in [6.07, 6.45) is 3.87. The number of hydrogen-bond donors (Lipinski definition) is 1. The van der Waals surface area contributed by atoms with Gasteiger partial charge in [-0.25, -0.2) is 0 Å². The van der Waals surface area contributed by atoms with Crippen LogP contribution in [0.25, 0.3) is 0 Å². The minimum Gasteiger partial charge on any atom is -0.330 e. The van der Waals surface area contributed by atoms with E-state index < -0.39 is 0 Å². The van der Waals surface area contributed by atoms with Gasteiger partial charge in [0.25, 0.3) is 0 Å². The van der Waals surface area contributed by atoms with Crippen LogP contribution < -0.4 is 5.73 Å². The molecule has 1 heterocycles. The maximum atomic E-state index is 6.28. The quantitative estimate of drug-likeness (QED) is 0.884. The summed E-state index contributed by atoms with van der Waals surface area (Å²) < 4.78 is 0. The van der Waals surface area contributed by atoms with E-state index in [1.54, 1.807) is 0 Å². The van der Waals surface area contributed by atoms with Crippen molar-refractivity contribution in [3.05, 3.63) is 70.8 Å². The predicted octanol–water partition coefficient (Wildman–Crippen LogP) is 4.40. The van der Waals surface area contributed by atoms with Crippen LogP contribution in [0.2, 0.25) is 0 Å². The number of aryl methyl sites for hydroxylation is 2. The maximum Gasteiger partial charge on any atom is 0.0236 e. The zero-order chi connectivity index (χ0) is 16.9. The Morgan fingerprint density at radius 1 is 1.08 bits per heavy atom. The van der Waals surface area contributed by atoms with Crippen LogP contribution in [0.1, 0.15) is 47.4 Å². The van der Waals surface area contributed by atoms with Crippen LogP contribution in [-0.2, 0) is 6.54 Å².